The number of benzene rings is 3. The summed E-state index contributed by atoms with van der Waals surface area (Å²) in [5, 5.41) is 12.6. The first-order chi connectivity index (χ1) is 18.0. The van der Waals surface area contributed by atoms with Gasteiger partial charge in [-0.1, -0.05) is 30.3 Å². The minimum absolute atomic E-state index is 0.0394. The van der Waals surface area contributed by atoms with Gasteiger partial charge in [0.25, 0.3) is 5.91 Å². The quantitative estimate of drug-likeness (QED) is 0.361. The molecular formula is C29H31N5O3. The van der Waals surface area contributed by atoms with Crippen LogP contribution < -0.4 is 10.2 Å². The van der Waals surface area contributed by atoms with Crippen molar-refractivity contribution in [3.8, 4) is 0 Å². The van der Waals surface area contributed by atoms with E-state index >= 15 is 0 Å². The number of carbonyl (C=O) groups excluding carboxylic acids is 2. The van der Waals surface area contributed by atoms with Crippen molar-refractivity contribution in [2.75, 3.05) is 36.5 Å². The zero-order valence-corrected chi connectivity index (χ0v) is 20.9. The molecule has 8 nitrogen and oxygen atoms in total. The average molecular weight is 498 g/mol. The third-order valence-corrected chi connectivity index (χ3v) is 6.97. The second-order valence-electron chi connectivity index (χ2n) is 9.45. The van der Waals surface area contributed by atoms with Crippen molar-refractivity contribution in [2.24, 2.45) is 0 Å². The molecule has 2 amide bonds. The molecule has 1 unspecified atom stereocenters. The molecule has 3 N–H and O–H groups in total. The van der Waals surface area contributed by atoms with Crippen LogP contribution in [0, 0.1) is 6.92 Å². The number of carbonyl (C=O) groups is 2. The van der Waals surface area contributed by atoms with Gasteiger partial charge in [0, 0.05) is 43.2 Å². The minimum Gasteiger partial charge on any atom is -0.396 e. The van der Waals surface area contributed by atoms with Crippen molar-refractivity contribution in [2.45, 2.75) is 25.8 Å². The number of piperazine rings is 1. The fourth-order valence-electron chi connectivity index (χ4n) is 4.98. The molecule has 1 atom stereocenters. The van der Waals surface area contributed by atoms with Crippen molar-refractivity contribution in [1.29, 1.82) is 0 Å². The lowest BCUT2D eigenvalue weighted by Crippen LogP contribution is -2.56. The van der Waals surface area contributed by atoms with Crippen LogP contribution in [0.25, 0.3) is 11.0 Å². The first-order valence-electron chi connectivity index (χ1n) is 12.6. The molecule has 2 heterocycles. The molecular weight excluding hydrogens is 466 g/mol. The smallest absolute Gasteiger partial charge is 0.255 e. The summed E-state index contributed by atoms with van der Waals surface area (Å²) in [6.07, 6.45) is 2.42. The summed E-state index contributed by atoms with van der Waals surface area (Å²) in [5.41, 5.74) is 6.08. The minimum atomic E-state index is -0.210. The summed E-state index contributed by atoms with van der Waals surface area (Å²) < 4.78 is 0. The first kappa shape index (κ1) is 24.5. The molecule has 37 heavy (non-hydrogen) atoms. The molecule has 1 aromatic heterocycles. The Morgan fingerprint density at radius 1 is 1.08 bits per heavy atom. The fourth-order valence-corrected chi connectivity index (χ4v) is 4.98. The van der Waals surface area contributed by atoms with Crippen molar-refractivity contribution in [3.05, 3.63) is 89.7 Å². The average Bonchev–Trinajstić information content (AvgIpc) is 3.38. The van der Waals surface area contributed by atoms with E-state index in [1.165, 1.54) is 11.3 Å². The van der Waals surface area contributed by atoms with Crippen LogP contribution in [0.5, 0.6) is 0 Å². The number of aryl methyl sites for hydroxylation is 1. The van der Waals surface area contributed by atoms with Crippen LogP contribution in [0.1, 0.15) is 27.9 Å². The van der Waals surface area contributed by atoms with Gasteiger partial charge < -0.3 is 25.2 Å². The molecule has 0 radical (unpaired) electrons. The Morgan fingerprint density at radius 2 is 1.89 bits per heavy atom. The second kappa shape index (κ2) is 10.8. The Kier molecular flexibility index (Phi) is 7.18. The number of imidazole rings is 1. The number of aromatic nitrogens is 2. The standard InChI is InChI=1S/C29H31N5O3/c1-20-4-2-3-5-27(20)33-13-14-34(24(18-33)12-15-35)28(36)16-21-6-9-23(10-7-21)32-29(37)22-8-11-25-26(17-22)31-19-30-25/h2-11,17,19,24,35H,12-16,18H2,1H3,(H,30,31)(H,32,37). The zero-order valence-electron chi connectivity index (χ0n) is 20.9. The number of nitrogens with one attached hydrogen (secondary N) is 2. The maximum atomic E-state index is 13.2. The molecule has 3 aromatic carbocycles. The van der Waals surface area contributed by atoms with Crippen molar-refractivity contribution >= 4 is 34.2 Å². The van der Waals surface area contributed by atoms with Gasteiger partial charge in [-0.25, -0.2) is 4.98 Å². The number of H-pyrrole nitrogens is 1. The van der Waals surface area contributed by atoms with Gasteiger partial charge in [0.15, 0.2) is 0 Å². The van der Waals surface area contributed by atoms with E-state index in [1.807, 2.05) is 41.3 Å². The molecule has 1 aliphatic rings. The second-order valence-corrected chi connectivity index (χ2v) is 9.45. The fraction of sp³-hybridized carbons (Fsp3) is 0.276. The number of aliphatic hydroxyl groups is 1. The van der Waals surface area contributed by atoms with Gasteiger partial charge >= 0.3 is 0 Å². The molecule has 1 saturated heterocycles. The lowest BCUT2D eigenvalue weighted by atomic mass is 10.0. The number of amides is 2. The van der Waals surface area contributed by atoms with E-state index in [0.29, 0.717) is 30.8 Å². The highest BCUT2D eigenvalue weighted by Crippen LogP contribution is 2.25. The lowest BCUT2D eigenvalue weighted by molar-refractivity contribution is -0.133. The zero-order chi connectivity index (χ0) is 25.8. The molecule has 1 aliphatic heterocycles. The summed E-state index contributed by atoms with van der Waals surface area (Å²) >= 11 is 0. The van der Waals surface area contributed by atoms with E-state index in [4.69, 9.17) is 0 Å². The van der Waals surface area contributed by atoms with E-state index < -0.39 is 0 Å². The highest BCUT2D eigenvalue weighted by atomic mass is 16.3. The molecule has 5 rings (SSSR count). The van der Waals surface area contributed by atoms with Gasteiger partial charge in [0.2, 0.25) is 5.91 Å². The van der Waals surface area contributed by atoms with E-state index in [-0.39, 0.29) is 30.9 Å². The van der Waals surface area contributed by atoms with Gasteiger partial charge in [-0.3, -0.25) is 9.59 Å². The number of hydrogen-bond acceptors (Lipinski definition) is 5. The van der Waals surface area contributed by atoms with Crippen LogP contribution in [-0.2, 0) is 11.2 Å². The molecule has 190 valence electrons. The van der Waals surface area contributed by atoms with Gasteiger partial charge in [0.05, 0.1) is 29.8 Å². The van der Waals surface area contributed by atoms with E-state index in [9.17, 15) is 14.7 Å². The van der Waals surface area contributed by atoms with Crippen LogP contribution in [0.15, 0.2) is 73.1 Å². The number of hydrogen-bond donors (Lipinski definition) is 3. The molecule has 0 spiro atoms. The Balaban J connectivity index is 1.20. The number of aromatic amines is 1. The normalized spacial score (nSPS) is 15.7. The predicted molar refractivity (Wildman–Crippen MR) is 145 cm³/mol. The third kappa shape index (κ3) is 5.49. The highest BCUT2D eigenvalue weighted by molar-refractivity contribution is 6.05. The summed E-state index contributed by atoms with van der Waals surface area (Å²) in [4.78, 5) is 37.3. The van der Waals surface area contributed by atoms with Gasteiger partial charge in [-0.2, -0.15) is 0 Å². The van der Waals surface area contributed by atoms with Gasteiger partial charge in [-0.05, 0) is 60.9 Å². The Hall–Kier alpha value is -4.17. The molecule has 8 heteroatoms. The topological polar surface area (TPSA) is 102 Å². The molecule has 0 aliphatic carbocycles. The maximum Gasteiger partial charge on any atom is 0.255 e. The first-order valence-corrected chi connectivity index (χ1v) is 12.6. The highest BCUT2D eigenvalue weighted by Gasteiger charge is 2.30. The summed E-state index contributed by atoms with van der Waals surface area (Å²) in [7, 11) is 0. The molecule has 4 aromatic rings. The Morgan fingerprint density at radius 3 is 2.68 bits per heavy atom. The number of fused-ring (bicyclic) bond motifs is 1. The van der Waals surface area contributed by atoms with Crippen molar-refractivity contribution in [1.82, 2.24) is 14.9 Å². The summed E-state index contributed by atoms with van der Waals surface area (Å²) in [6.45, 7) is 4.21. The van der Waals surface area contributed by atoms with Crippen molar-refractivity contribution in [3.63, 3.8) is 0 Å². The van der Waals surface area contributed by atoms with Gasteiger partial charge in [0.1, 0.15) is 0 Å². The maximum absolute atomic E-state index is 13.2. The summed E-state index contributed by atoms with van der Waals surface area (Å²) in [5.74, 6) is -0.161. The summed E-state index contributed by atoms with van der Waals surface area (Å²) in [6, 6.07) is 20.9. The van der Waals surface area contributed by atoms with Crippen LogP contribution in [0.2, 0.25) is 0 Å². The number of nitrogens with zero attached hydrogens (tertiary/aromatic N) is 3. The van der Waals surface area contributed by atoms with Crippen LogP contribution in [0.3, 0.4) is 0 Å². The van der Waals surface area contributed by atoms with Crippen LogP contribution >= 0.6 is 0 Å². The molecule has 1 fully saturated rings. The Labute approximate surface area is 215 Å². The lowest BCUT2D eigenvalue weighted by Gasteiger charge is -2.43. The van der Waals surface area contributed by atoms with Crippen LogP contribution in [0.4, 0.5) is 11.4 Å². The van der Waals surface area contributed by atoms with E-state index in [2.05, 4.69) is 39.2 Å². The Bertz CT molecular complexity index is 1400. The van der Waals surface area contributed by atoms with Crippen LogP contribution in [-0.4, -0.2) is 64.1 Å². The number of rotatable bonds is 7. The third-order valence-electron chi connectivity index (χ3n) is 6.97. The predicted octanol–water partition coefficient (Wildman–Crippen LogP) is 3.77. The number of para-hydroxylation sites is 1. The monoisotopic (exact) mass is 497 g/mol. The van der Waals surface area contributed by atoms with E-state index in [1.54, 1.807) is 24.5 Å². The largest absolute Gasteiger partial charge is 0.396 e. The van der Waals surface area contributed by atoms with Gasteiger partial charge in [-0.15, -0.1) is 0 Å². The number of aliphatic hydroxyl groups excluding tert-OH is 1. The molecule has 0 saturated carbocycles. The van der Waals surface area contributed by atoms with Crippen molar-refractivity contribution < 1.29 is 14.7 Å². The molecule has 0 bridgehead atoms. The van der Waals surface area contributed by atoms with E-state index in [0.717, 1.165) is 23.1 Å². The SMILES string of the molecule is Cc1ccccc1N1CCN(C(=O)Cc2ccc(NC(=O)c3ccc4nc[nH]c4c3)cc2)C(CCO)C1. The number of anilines is 2.